The smallest absolute Gasteiger partial charge is 0.262 e. The molecule has 22 heavy (non-hydrogen) atoms. The number of carbonyl (C=O) groups excluding carboxylic acids is 1. The topological polar surface area (TPSA) is 38.3 Å². The van der Waals surface area contributed by atoms with E-state index in [4.69, 9.17) is 16.3 Å². The number of nitrogens with one attached hydrogen (secondary N) is 1. The molecule has 1 N–H and O–H groups in total. The van der Waals surface area contributed by atoms with E-state index in [1.165, 1.54) is 12.1 Å². The van der Waals surface area contributed by atoms with Crippen LogP contribution in [-0.2, 0) is 4.79 Å². The van der Waals surface area contributed by atoms with E-state index < -0.39 is 11.7 Å². The fraction of sp³-hybridized carbons (Fsp3) is 0.188. The van der Waals surface area contributed by atoms with E-state index in [0.29, 0.717) is 10.8 Å². The van der Waals surface area contributed by atoms with Crippen molar-refractivity contribution in [1.82, 2.24) is 0 Å². The molecule has 0 saturated heterocycles. The Morgan fingerprint density at radius 2 is 1.91 bits per heavy atom. The van der Waals surface area contributed by atoms with Crippen LogP contribution in [0.5, 0.6) is 5.75 Å². The summed E-state index contributed by atoms with van der Waals surface area (Å²) in [5.74, 6) is -0.346. The maximum atomic E-state index is 13.6. The third kappa shape index (κ3) is 4.33. The molecule has 0 aliphatic carbocycles. The number of carbonyl (C=O) groups is 1. The highest BCUT2D eigenvalue weighted by atomic mass is 127. The van der Waals surface area contributed by atoms with E-state index in [1.54, 1.807) is 18.2 Å². The van der Waals surface area contributed by atoms with E-state index in [2.05, 4.69) is 5.32 Å². The van der Waals surface area contributed by atoms with Gasteiger partial charge in [0.15, 0.2) is 6.61 Å². The van der Waals surface area contributed by atoms with Crippen molar-refractivity contribution in [2.75, 3.05) is 11.9 Å². The first kappa shape index (κ1) is 17.0. The summed E-state index contributed by atoms with van der Waals surface area (Å²) in [6.45, 7) is 3.53. The fourth-order valence-electron chi connectivity index (χ4n) is 1.92. The summed E-state index contributed by atoms with van der Waals surface area (Å²) >= 11 is 8.07. The predicted molar refractivity (Wildman–Crippen MR) is 94.2 cm³/mol. The minimum Gasteiger partial charge on any atom is -0.484 e. The van der Waals surface area contributed by atoms with E-state index in [9.17, 15) is 9.18 Å². The van der Waals surface area contributed by atoms with Gasteiger partial charge in [-0.2, -0.15) is 0 Å². The summed E-state index contributed by atoms with van der Waals surface area (Å²) in [6.07, 6.45) is 0. The lowest BCUT2D eigenvalue weighted by atomic mass is 10.1. The minimum absolute atomic E-state index is 0.137. The summed E-state index contributed by atoms with van der Waals surface area (Å²) in [6, 6.07) is 8.10. The molecule has 0 radical (unpaired) electrons. The van der Waals surface area contributed by atoms with Gasteiger partial charge in [0.05, 0.1) is 5.69 Å². The number of anilines is 1. The van der Waals surface area contributed by atoms with Crippen molar-refractivity contribution in [2.24, 2.45) is 0 Å². The van der Waals surface area contributed by atoms with Gasteiger partial charge in [0.2, 0.25) is 0 Å². The van der Waals surface area contributed by atoms with Gasteiger partial charge in [-0.25, -0.2) is 4.39 Å². The van der Waals surface area contributed by atoms with E-state index in [1.807, 2.05) is 36.4 Å². The highest BCUT2D eigenvalue weighted by molar-refractivity contribution is 14.1. The van der Waals surface area contributed by atoms with E-state index in [0.717, 1.165) is 14.7 Å². The molecule has 0 spiro atoms. The van der Waals surface area contributed by atoms with Gasteiger partial charge in [-0.15, -0.1) is 0 Å². The molecule has 0 unspecified atom stereocenters. The number of rotatable bonds is 4. The molecule has 1 amide bonds. The summed E-state index contributed by atoms with van der Waals surface area (Å²) < 4.78 is 19.8. The first-order chi connectivity index (χ1) is 10.4. The normalized spacial score (nSPS) is 10.4. The van der Waals surface area contributed by atoms with Crippen LogP contribution < -0.4 is 10.1 Å². The number of aryl methyl sites for hydroxylation is 2. The van der Waals surface area contributed by atoms with Crippen molar-refractivity contribution in [3.8, 4) is 5.75 Å². The first-order valence-corrected chi connectivity index (χ1v) is 7.97. The molecule has 0 aliphatic heterocycles. The molecule has 116 valence electrons. The molecule has 0 atom stereocenters. The van der Waals surface area contributed by atoms with Crippen molar-refractivity contribution in [3.63, 3.8) is 0 Å². The Morgan fingerprint density at radius 3 is 2.50 bits per heavy atom. The SMILES string of the molecule is Cc1cc(OCC(=O)Nc2ccc(I)cc2F)cc(C)c1Cl. The third-order valence-electron chi connectivity index (χ3n) is 2.99. The largest absolute Gasteiger partial charge is 0.484 e. The summed E-state index contributed by atoms with van der Waals surface area (Å²) in [5, 5.41) is 3.16. The summed E-state index contributed by atoms with van der Waals surface area (Å²) in [7, 11) is 0. The predicted octanol–water partition coefficient (Wildman–Crippen LogP) is 4.72. The zero-order chi connectivity index (χ0) is 16.3. The monoisotopic (exact) mass is 433 g/mol. The molecule has 0 fully saturated rings. The second kappa shape index (κ2) is 7.28. The lowest BCUT2D eigenvalue weighted by Gasteiger charge is -2.11. The molecule has 0 saturated carbocycles. The molecule has 0 bridgehead atoms. The van der Waals surface area contributed by atoms with Gasteiger partial charge >= 0.3 is 0 Å². The Hall–Kier alpha value is -1.34. The summed E-state index contributed by atoms with van der Waals surface area (Å²) in [5.41, 5.74) is 1.89. The standard InChI is InChI=1S/C16H14ClFINO2/c1-9-5-12(6-10(2)16(9)17)22-8-15(21)20-14-4-3-11(19)7-13(14)18/h3-7H,8H2,1-2H3,(H,20,21). The zero-order valence-corrected chi connectivity index (χ0v) is 15.0. The quantitative estimate of drug-likeness (QED) is 0.709. The fourth-order valence-corrected chi connectivity index (χ4v) is 2.48. The molecule has 6 heteroatoms. The van der Waals surface area contributed by atoms with Gasteiger partial charge in [0.1, 0.15) is 11.6 Å². The first-order valence-electron chi connectivity index (χ1n) is 6.51. The second-order valence-electron chi connectivity index (χ2n) is 4.83. The van der Waals surface area contributed by atoms with Gasteiger partial charge in [0.25, 0.3) is 5.91 Å². The average Bonchev–Trinajstić information content (AvgIpc) is 2.45. The molecular formula is C16H14ClFINO2. The van der Waals surface area contributed by atoms with Crippen LogP contribution in [0.15, 0.2) is 30.3 Å². The lowest BCUT2D eigenvalue weighted by molar-refractivity contribution is -0.118. The molecule has 0 aliphatic rings. The molecule has 0 aromatic heterocycles. The number of halogens is 3. The molecule has 2 aromatic carbocycles. The van der Waals surface area contributed by atoms with Crippen LogP contribution in [0.3, 0.4) is 0 Å². The van der Waals surface area contributed by atoms with Gasteiger partial charge in [-0.1, -0.05) is 11.6 Å². The number of hydrogen-bond donors (Lipinski definition) is 1. The van der Waals surface area contributed by atoms with Crippen LogP contribution in [0.1, 0.15) is 11.1 Å². The maximum absolute atomic E-state index is 13.6. The highest BCUT2D eigenvalue weighted by Crippen LogP contribution is 2.25. The number of benzene rings is 2. The van der Waals surface area contributed by atoms with Crippen LogP contribution in [0.4, 0.5) is 10.1 Å². The van der Waals surface area contributed by atoms with Crippen molar-refractivity contribution in [3.05, 3.63) is 55.9 Å². The second-order valence-corrected chi connectivity index (χ2v) is 6.46. The van der Waals surface area contributed by atoms with Gasteiger partial charge in [-0.05, 0) is 77.9 Å². The van der Waals surface area contributed by atoms with Crippen LogP contribution in [-0.4, -0.2) is 12.5 Å². The van der Waals surface area contributed by atoms with Crippen LogP contribution in [0, 0.1) is 23.2 Å². The van der Waals surface area contributed by atoms with E-state index in [-0.39, 0.29) is 12.3 Å². The van der Waals surface area contributed by atoms with E-state index >= 15 is 0 Å². The zero-order valence-electron chi connectivity index (χ0n) is 12.0. The Morgan fingerprint density at radius 1 is 1.27 bits per heavy atom. The van der Waals surface area contributed by atoms with Crippen LogP contribution in [0.2, 0.25) is 5.02 Å². The summed E-state index contributed by atoms with van der Waals surface area (Å²) in [4.78, 5) is 11.8. The molecule has 0 heterocycles. The Balaban J connectivity index is 1.98. The molecular weight excluding hydrogens is 420 g/mol. The minimum atomic E-state index is -0.474. The maximum Gasteiger partial charge on any atom is 0.262 e. The van der Waals surface area contributed by atoms with Gasteiger partial charge in [-0.3, -0.25) is 4.79 Å². The van der Waals surface area contributed by atoms with Gasteiger partial charge < -0.3 is 10.1 Å². The molecule has 2 aromatic rings. The Bertz CT molecular complexity index is 698. The lowest BCUT2D eigenvalue weighted by Crippen LogP contribution is -2.20. The molecule has 3 nitrogen and oxygen atoms in total. The van der Waals surface area contributed by atoms with Crippen LogP contribution in [0.25, 0.3) is 0 Å². The number of ether oxygens (including phenoxy) is 1. The third-order valence-corrected chi connectivity index (χ3v) is 4.25. The van der Waals surface area contributed by atoms with Crippen LogP contribution >= 0.6 is 34.2 Å². The number of amides is 1. The van der Waals surface area contributed by atoms with Crippen molar-refractivity contribution < 1.29 is 13.9 Å². The van der Waals surface area contributed by atoms with Gasteiger partial charge in [0, 0.05) is 8.59 Å². The van der Waals surface area contributed by atoms with Crippen molar-refractivity contribution >= 4 is 45.8 Å². The van der Waals surface area contributed by atoms with Crippen molar-refractivity contribution in [1.29, 1.82) is 0 Å². The van der Waals surface area contributed by atoms with Crippen molar-refractivity contribution in [2.45, 2.75) is 13.8 Å². The molecule has 2 rings (SSSR count). The number of hydrogen-bond acceptors (Lipinski definition) is 2. The highest BCUT2D eigenvalue weighted by Gasteiger charge is 2.09. The average molecular weight is 434 g/mol. The Kier molecular flexibility index (Phi) is 5.63. The Labute approximate surface area is 147 Å².